The molecule has 1 aromatic heterocycles. The third-order valence-electron chi connectivity index (χ3n) is 6.08. The zero-order chi connectivity index (χ0) is 23.4. The number of benzene rings is 2. The van der Waals surface area contributed by atoms with Gasteiger partial charge in [0, 0.05) is 41.8 Å². The average Bonchev–Trinajstić information content (AvgIpc) is 3.31. The molecule has 1 unspecified atom stereocenters. The maximum Gasteiger partial charge on any atom is 0.227 e. The molecule has 4 rings (SSSR count). The number of hydrogen-bond acceptors (Lipinski definition) is 5. The van der Waals surface area contributed by atoms with E-state index in [1.54, 1.807) is 14.2 Å². The Morgan fingerprint density at radius 3 is 2.48 bits per heavy atom. The van der Waals surface area contributed by atoms with Gasteiger partial charge in [0.2, 0.25) is 5.91 Å². The van der Waals surface area contributed by atoms with Crippen LogP contribution in [-0.2, 0) is 11.2 Å². The summed E-state index contributed by atoms with van der Waals surface area (Å²) in [6, 6.07) is 18.1. The first kappa shape index (κ1) is 22.6. The van der Waals surface area contributed by atoms with Gasteiger partial charge in [0.15, 0.2) is 11.5 Å². The van der Waals surface area contributed by atoms with Crippen molar-refractivity contribution < 1.29 is 14.3 Å². The Balaban J connectivity index is 1.42. The molecule has 1 aliphatic heterocycles. The molecule has 2 aromatic carbocycles. The standard InChI is InChI=1S/C27H31N3O3/c1-18-5-8-22(9-6-18)29-23-13-19(2)28-24(16-23)21-11-12-30(17-21)27(31)15-20-7-10-25(32-3)26(14-20)33-4/h5-10,13-14,16,21H,11-12,15,17H2,1-4H3,(H,28,29). The van der Waals surface area contributed by atoms with Crippen molar-refractivity contribution in [3.8, 4) is 11.5 Å². The monoisotopic (exact) mass is 445 g/mol. The van der Waals surface area contributed by atoms with Crippen molar-refractivity contribution in [2.75, 3.05) is 32.6 Å². The predicted molar refractivity (Wildman–Crippen MR) is 131 cm³/mol. The molecular weight excluding hydrogens is 414 g/mol. The number of nitrogens with zero attached hydrogens (tertiary/aromatic N) is 2. The number of methoxy groups -OCH3 is 2. The number of likely N-dealkylation sites (tertiary alicyclic amines) is 1. The Hall–Kier alpha value is -3.54. The summed E-state index contributed by atoms with van der Waals surface area (Å²) in [4.78, 5) is 19.7. The van der Waals surface area contributed by atoms with E-state index < -0.39 is 0 Å². The van der Waals surface area contributed by atoms with E-state index in [0.29, 0.717) is 24.5 Å². The van der Waals surface area contributed by atoms with E-state index in [1.165, 1.54) is 5.56 Å². The Labute approximate surface area is 195 Å². The predicted octanol–water partition coefficient (Wildman–Crippen LogP) is 5.02. The van der Waals surface area contributed by atoms with Gasteiger partial charge in [0.25, 0.3) is 0 Å². The van der Waals surface area contributed by atoms with Crippen LogP contribution in [0.25, 0.3) is 0 Å². The maximum absolute atomic E-state index is 13.0. The minimum atomic E-state index is 0.121. The molecule has 6 heteroatoms. The Morgan fingerprint density at radius 1 is 1.00 bits per heavy atom. The molecule has 1 saturated heterocycles. The zero-order valence-corrected chi connectivity index (χ0v) is 19.7. The number of nitrogens with one attached hydrogen (secondary N) is 1. The summed E-state index contributed by atoms with van der Waals surface area (Å²) in [5, 5.41) is 3.48. The molecule has 1 atom stereocenters. The van der Waals surface area contributed by atoms with Crippen LogP contribution in [0.3, 0.4) is 0 Å². The van der Waals surface area contributed by atoms with E-state index in [1.807, 2.05) is 30.0 Å². The number of ether oxygens (including phenoxy) is 2. The molecule has 2 heterocycles. The normalized spacial score (nSPS) is 15.4. The summed E-state index contributed by atoms with van der Waals surface area (Å²) in [5.41, 5.74) is 6.23. The lowest BCUT2D eigenvalue weighted by molar-refractivity contribution is -0.129. The molecule has 0 radical (unpaired) electrons. The SMILES string of the molecule is COc1ccc(CC(=O)N2CCC(c3cc(Nc4ccc(C)cc4)cc(C)n3)C2)cc1OC. The molecular formula is C27H31N3O3. The van der Waals surface area contributed by atoms with Crippen LogP contribution in [0.4, 0.5) is 11.4 Å². The zero-order valence-electron chi connectivity index (χ0n) is 19.7. The maximum atomic E-state index is 13.0. The van der Waals surface area contributed by atoms with Crippen LogP contribution in [0.15, 0.2) is 54.6 Å². The van der Waals surface area contributed by atoms with Crippen molar-refractivity contribution in [3.63, 3.8) is 0 Å². The molecule has 0 aliphatic carbocycles. The molecule has 1 aliphatic rings. The van der Waals surface area contributed by atoms with Crippen LogP contribution >= 0.6 is 0 Å². The fraction of sp³-hybridized carbons (Fsp3) is 0.333. The first-order valence-electron chi connectivity index (χ1n) is 11.3. The smallest absolute Gasteiger partial charge is 0.227 e. The van der Waals surface area contributed by atoms with Crippen LogP contribution < -0.4 is 14.8 Å². The van der Waals surface area contributed by atoms with Crippen LogP contribution in [0, 0.1) is 13.8 Å². The van der Waals surface area contributed by atoms with Crippen LogP contribution in [-0.4, -0.2) is 43.1 Å². The summed E-state index contributed by atoms with van der Waals surface area (Å²) >= 11 is 0. The van der Waals surface area contributed by atoms with Gasteiger partial charge in [0.05, 0.1) is 20.6 Å². The van der Waals surface area contributed by atoms with E-state index in [4.69, 9.17) is 14.5 Å². The van der Waals surface area contributed by atoms with Crippen LogP contribution in [0.1, 0.15) is 34.9 Å². The van der Waals surface area contributed by atoms with Crippen LogP contribution in [0.5, 0.6) is 11.5 Å². The van der Waals surface area contributed by atoms with Crippen molar-refractivity contribution in [1.82, 2.24) is 9.88 Å². The highest BCUT2D eigenvalue weighted by Gasteiger charge is 2.28. The van der Waals surface area contributed by atoms with E-state index >= 15 is 0 Å². The minimum absolute atomic E-state index is 0.121. The van der Waals surface area contributed by atoms with E-state index in [2.05, 4.69) is 48.6 Å². The molecule has 0 saturated carbocycles. The fourth-order valence-electron chi connectivity index (χ4n) is 4.28. The van der Waals surface area contributed by atoms with Gasteiger partial charge in [0.1, 0.15) is 0 Å². The van der Waals surface area contributed by atoms with Gasteiger partial charge in [-0.25, -0.2) is 0 Å². The average molecular weight is 446 g/mol. The second kappa shape index (κ2) is 9.94. The first-order valence-corrected chi connectivity index (χ1v) is 11.3. The van der Waals surface area contributed by atoms with Gasteiger partial charge < -0.3 is 19.7 Å². The number of aryl methyl sites for hydroxylation is 2. The van der Waals surface area contributed by atoms with Gasteiger partial charge in [-0.2, -0.15) is 0 Å². The van der Waals surface area contributed by atoms with Crippen molar-refractivity contribution in [2.24, 2.45) is 0 Å². The molecule has 0 bridgehead atoms. The fourth-order valence-corrected chi connectivity index (χ4v) is 4.28. The molecule has 1 N–H and O–H groups in total. The summed E-state index contributed by atoms with van der Waals surface area (Å²) in [6.45, 7) is 5.52. The third kappa shape index (κ3) is 5.45. The lowest BCUT2D eigenvalue weighted by Gasteiger charge is -2.18. The minimum Gasteiger partial charge on any atom is -0.493 e. The topological polar surface area (TPSA) is 63.7 Å². The van der Waals surface area contributed by atoms with Crippen molar-refractivity contribution >= 4 is 17.3 Å². The van der Waals surface area contributed by atoms with E-state index in [9.17, 15) is 4.79 Å². The molecule has 1 amide bonds. The van der Waals surface area contributed by atoms with Gasteiger partial charge in [-0.3, -0.25) is 9.78 Å². The summed E-state index contributed by atoms with van der Waals surface area (Å²) in [6.07, 6.45) is 1.26. The van der Waals surface area contributed by atoms with E-state index in [0.717, 1.165) is 41.3 Å². The molecule has 172 valence electrons. The Kier molecular flexibility index (Phi) is 6.82. The number of amides is 1. The Morgan fingerprint density at radius 2 is 1.76 bits per heavy atom. The number of rotatable bonds is 7. The number of hydrogen-bond donors (Lipinski definition) is 1. The van der Waals surface area contributed by atoms with Gasteiger partial charge in [-0.05, 0) is 62.2 Å². The lowest BCUT2D eigenvalue weighted by Crippen LogP contribution is -2.30. The highest BCUT2D eigenvalue weighted by Crippen LogP contribution is 2.31. The molecule has 6 nitrogen and oxygen atoms in total. The largest absolute Gasteiger partial charge is 0.493 e. The van der Waals surface area contributed by atoms with Crippen molar-refractivity contribution in [2.45, 2.75) is 32.6 Å². The second-order valence-corrected chi connectivity index (χ2v) is 8.60. The molecule has 3 aromatic rings. The van der Waals surface area contributed by atoms with Gasteiger partial charge >= 0.3 is 0 Å². The summed E-state index contributed by atoms with van der Waals surface area (Å²) < 4.78 is 10.7. The molecule has 1 fully saturated rings. The number of pyridine rings is 1. The number of aromatic nitrogens is 1. The van der Waals surface area contributed by atoms with Crippen molar-refractivity contribution in [1.29, 1.82) is 0 Å². The van der Waals surface area contributed by atoms with E-state index in [-0.39, 0.29) is 11.8 Å². The number of carbonyl (C=O) groups excluding carboxylic acids is 1. The summed E-state index contributed by atoms with van der Waals surface area (Å²) in [7, 11) is 3.21. The number of anilines is 2. The van der Waals surface area contributed by atoms with Gasteiger partial charge in [-0.15, -0.1) is 0 Å². The quantitative estimate of drug-likeness (QED) is 0.553. The number of carbonyl (C=O) groups is 1. The van der Waals surface area contributed by atoms with Gasteiger partial charge in [-0.1, -0.05) is 23.8 Å². The summed E-state index contributed by atoms with van der Waals surface area (Å²) in [5.74, 6) is 1.66. The highest BCUT2D eigenvalue weighted by atomic mass is 16.5. The van der Waals surface area contributed by atoms with Crippen molar-refractivity contribution in [3.05, 3.63) is 77.1 Å². The first-order chi connectivity index (χ1) is 15.9. The third-order valence-corrected chi connectivity index (χ3v) is 6.08. The highest BCUT2D eigenvalue weighted by molar-refractivity contribution is 5.79. The Bertz CT molecular complexity index is 1130. The molecule has 33 heavy (non-hydrogen) atoms. The molecule has 0 spiro atoms. The van der Waals surface area contributed by atoms with Crippen LogP contribution in [0.2, 0.25) is 0 Å². The lowest BCUT2D eigenvalue weighted by atomic mass is 10.0. The second-order valence-electron chi connectivity index (χ2n) is 8.60.